The smallest absolute Gasteiger partial charge is 0.293 e. The molecule has 0 saturated heterocycles. The molecule has 0 spiro atoms. The highest BCUT2D eigenvalue weighted by atomic mass is 32.2. The lowest BCUT2D eigenvalue weighted by molar-refractivity contribution is -0.305. The zero-order valence-corrected chi connectivity index (χ0v) is 11.7. The number of rotatable bonds is 6. The van der Waals surface area contributed by atoms with Crippen LogP contribution in [0.5, 0.6) is 5.88 Å². The number of aromatic nitrogens is 2. The average Bonchev–Trinajstić information content (AvgIpc) is 2.83. The van der Waals surface area contributed by atoms with Gasteiger partial charge in [0, 0.05) is 16.9 Å². The standard InChI is InChI=1S/C12H17N3O3S/c1-15-6-2-4-10(9-15)19-13-8-11(14-19)18-7-3-5-12(16)17/h4,8H,2-3,5-7,9H2,1H3. The van der Waals surface area contributed by atoms with Gasteiger partial charge in [-0.05, 0) is 36.8 Å². The molecular weight excluding hydrogens is 266 g/mol. The number of carboxylic acids is 1. The molecule has 1 aromatic rings. The van der Waals surface area contributed by atoms with Crippen molar-refractivity contribution < 1.29 is 14.6 Å². The molecule has 1 atom stereocenters. The molecule has 0 fully saturated rings. The number of aliphatic carboxylic acids is 1. The number of carboxylic acid groups (broad SMARTS) is 1. The minimum atomic E-state index is -1.05. The lowest BCUT2D eigenvalue weighted by Gasteiger charge is -2.16. The quantitative estimate of drug-likeness (QED) is 0.552. The van der Waals surface area contributed by atoms with Crippen LogP contribution in [0.1, 0.15) is 19.3 Å². The number of nitrogens with zero attached hydrogens (tertiary/aromatic N) is 3. The summed E-state index contributed by atoms with van der Waals surface area (Å²) < 4.78 is 14.1. The largest absolute Gasteiger partial charge is 0.550 e. The molecule has 7 heteroatoms. The fourth-order valence-corrected chi connectivity index (χ4v) is 3.16. The van der Waals surface area contributed by atoms with E-state index in [2.05, 4.69) is 26.8 Å². The van der Waals surface area contributed by atoms with E-state index < -0.39 is 16.8 Å². The highest BCUT2D eigenvalue weighted by Gasteiger charge is 2.24. The van der Waals surface area contributed by atoms with Crippen LogP contribution in [0.15, 0.2) is 12.3 Å². The van der Waals surface area contributed by atoms with Crippen molar-refractivity contribution in [2.75, 3.05) is 26.7 Å². The van der Waals surface area contributed by atoms with Gasteiger partial charge in [0.05, 0.1) is 13.2 Å². The van der Waals surface area contributed by atoms with Crippen molar-refractivity contribution in [1.82, 2.24) is 13.6 Å². The SMILES string of the molecule is CN1CCC=C([s+]2ncc(OCCCC(=O)[O-])n2)C1. The van der Waals surface area contributed by atoms with Crippen molar-refractivity contribution in [2.45, 2.75) is 19.3 Å². The Bertz CT molecular complexity index is 473. The second kappa shape index (κ2) is 6.63. The van der Waals surface area contributed by atoms with Gasteiger partial charge >= 0.3 is 0 Å². The van der Waals surface area contributed by atoms with Crippen molar-refractivity contribution >= 4 is 21.7 Å². The molecule has 2 heterocycles. The van der Waals surface area contributed by atoms with E-state index in [4.69, 9.17) is 4.74 Å². The van der Waals surface area contributed by atoms with Gasteiger partial charge in [0.2, 0.25) is 15.8 Å². The molecule has 0 amide bonds. The molecule has 1 aliphatic rings. The van der Waals surface area contributed by atoms with Crippen LogP contribution in [-0.2, 0) is 4.79 Å². The predicted octanol–water partition coefficient (Wildman–Crippen LogP) is 0.311. The number of carbonyl (C=O) groups excluding carboxylic acids is 1. The van der Waals surface area contributed by atoms with Gasteiger partial charge in [-0.3, -0.25) is 4.90 Å². The topological polar surface area (TPSA) is 78.4 Å². The zero-order valence-electron chi connectivity index (χ0n) is 10.9. The first-order chi connectivity index (χ1) is 9.15. The van der Waals surface area contributed by atoms with Gasteiger partial charge in [-0.1, -0.05) is 0 Å². The molecule has 1 unspecified atom stereocenters. The minimum absolute atomic E-state index is 0.00604. The van der Waals surface area contributed by atoms with Gasteiger partial charge in [0.15, 0.2) is 6.20 Å². The summed E-state index contributed by atoms with van der Waals surface area (Å²) in [6.07, 6.45) is 5.28. The average molecular weight is 283 g/mol. The highest BCUT2D eigenvalue weighted by Crippen LogP contribution is 2.29. The van der Waals surface area contributed by atoms with E-state index >= 15 is 0 Å². The van der Waals surface area contributed by atoms with Crippen LogP contribution in [0.2, 0.25) is 0 Å². The Balaban J connectivity index is 1.85. The number of ether oxygens (including phenoxy) is 1. The molecule has 0 bridgehead atoms. The van der Waals surface area contributed by atoms with Gasteiger partial charge < -0.3 is 14.6 Å². The third-order valence-electron chi connectivity index (χ3n) is 2.76. The summed E-state index contributed by atoms with van der Waals surface area (Å²) in [6.45, 7) is 2.29. The van der Waals surface area contributed by atoms with Gasteiger partial charge in [-0.2, -0.15) is 0 Å². The summed E-state index contributed by atoms with van der Waals surface area (Å²) in [4.78, 5) is 13.7. The Morgan fingerprint density at radius 2 is 2.47 bits per heavy atom. The van der Waals surface area contributed by atoms with E-state index in [1.54, 1.807) is 6.20 Å². The van der Waals surface area contributed by atoms with Crippen molar-refractivity contribution in [1.29, 1.82) is 0 Å². The van der Waals surface area contributed by atoms with E-state index in [0.29, 0.717) is 18.9 Å². The van der Waals surface area contributed by atoms with Crippen LogP contribution in [0.25, 0.3) is 4.91 Å². The second-order valence-corrected chi connectivity index (χ2v) is 5.90. The Morgan fingerprint density at radius 3 is 3.21 bits per heavy atom. The molecule has 1 aliphatic heterocycles. The van der Waals surface area contributed by atoms with Crippen molar-refractivity contribution in [3.8, 4) is 5.88 Å². The van der Waals surface area contributed by atoms with Crippen LogP contribution < -0.4 is 9.84 Å². The molecule has 0 saturated carbocycles. The Hall–Kier alpha value is -1.47. The molecule has 19 heavy (non-hydrogen) atoms. The minimum Gasteiger partial charge on any atom is -0.550 e. The van der Waals surface area contributed by atoms with Gasteiger partial charge in [-0.25, -0.2) is 0 Å². The molecule has 0 N–H and O–H groups in total. The first-order valence-corrected chi connectivity index (χ1v) is 7.36. The fraction of sp³-hybridized carbons (Fsp3) is 0.583. The van der Waals surface area contributed by atoms with Gasteiger partial charge in [0.25, 0.3) is 5.88 Å². The fourth-order valence-electron chi connectivity index (χ4n) is 1.80. The number of hydrogen-bond donors (Lipinski definition) is 0. The number of likely N-dealkylation sites (N-methyl/N-ethyl adjacent to an activating group) is 1. The third kappa shape index (κ3) is 4.29. The Morgan fingerprint density at radius 1 is 1.63 bits per heavy atom. The van der Waals surface area contributed by atoms with Gasteiger partial charge in [0.1, 0.15) is 0 Å². The van der Waals surface area contributed by atoms with Crippen molar-refractivity contribution in [3.63, 3.8) is 0 Å². The van der Waals surface area contributed by atoms with E-state index in [1.807, 2.05) is 0 Å². The summed E-state index contributed by atoms with van der Waals surface area (Å²) in [5.41, 5.74) is 0. The summed E-state index contributed by atoms with van der Waals surface area (Å²) in [6, 6.07) is 0. The lowest BCUT2D eigenvalue weighted by atomic mass is 10.3. The molecule has 2 rings (SSSR count). The highest BCUT2D eigenvalue weighted by molar-refractivity contribution is 7.34. The maximum absolute atomic E-state index is 10.3. The van der Waals surface area contributed by atoms with Crippen LogP contribution in [0, 0.1) is 0 Å². The Labute approximate surface area is 115 Å². The molecule has 0 radical (unpaired) electrons. The summed E-state index contributed by atoms with van der Waals surface area (Å²) in [5.74, 6) is -0.559. The maximum Gasteiger partial charge on any atom is 0.293 e. The van der Waals surface area contributed by atoms with E-state index in [-0.39, 0.29) is 6.42 Å². The molecule has 0 aliphatic carbocycles. The molecular formula is C12H17N3O3S. The third-order valence-corrected chi connectivity index (χ3v) is 4.18. The van der Waals surface area contributed by atoms with Crippen molar-refractivity contribution in [2.24, 2.45) is 0 Å². The van der Waals surface area contributed by atoms with E-state index in [9.17, 15) is 9.90 Å². The maximum atomic E-state index is 10.3. The normalized spacial score (nSPS) is 17.1. The first-order valence-electron chi connectivity index (χ1n) is 6.22. The van der Waals surface area contributed by atoms with Crippen LogP contribution in [0.3, 0.4) is 0 Å². The summed E-state index contributed by atoms with van der Waals surface area (Å²) >= 11 is 0. The first kappa shape index (κ1) is 14.0. The lowest BCUT2D eigenvalue weighted by Crippen LogP contribution is -2.24. The van der Waals surface area contributed by atoms with Crippen molar-refractivity contribution in [3.05, 3.63) is 12.3 Å². The van der Waals surface area contributed by atoms with Crippen LogP contribution in [0.4, 0.5) is 0 Å². The van der Waals surface area contributed by atoms with Crippen LogP contribution >= 0.6 is 10.9 Å². The molecule has 6 nitrogen and oxygen atoms in total. The molecule has 104 valence electrons. The Kier molecular flexibility index (Phi) is 4.86. The van der Waals surface area contributed by atoms with E-state index in [1.165, 1.54) is 4.91 Å². The predicted molar refractivity (Wildman–Crippen MR) is 70.6 cm³/mol. The van der Waals surface area contributed by atoms with E-state index in [0.717, 1.165) is 19.5 Å². The second-order valence-electron chi connectivity index (χ2n) is 4.45. The number of hydrogen-bond acceptors (Lipinski definition) is 6. The zero-order chi connectivity index (χ0) is 13.7. The van der Waals surface area contributed by atoms with Gasteiger partial charge in [-0.15, -0.1) is 0 Å². The van der Waals surface area contributed by atoms with Crippen LogP contribution in [-0.4, -0.2) is 46.4 Å². The number of carbonyl (C=O) groups is 1. The molecule has 0 aromatic carbocycles. The summed E-state index contributed by atoms with van der Waals surface area (Å²) in [5, 5.41) is 10.3. The molecule has 1 aromatic heterocycles. The monoisotopic (exact) mass is 283 g/mol. The summed E-state index contributed by atoms with van der Waals surface area (Å²) in [7, 11) is 1.63.